The van der Waals surface area contributed by atoms with Crippen LogP contribution in [0.1, 0.15) is 39.3 Å². The van der Waals surface area contributed by atoms with Crippen LogP contribution in [0, 0.1) is 0 Å². The molecular weight excluding hydrogens is 240 g/mol. The molecule has 106 valence electrons. The number of anilines is 1. The average Bonchev–Trinajstić information content (AvgIpc) is 2.35. The summed E-state index contributed by atoms with van der Waals surface area (Å²) in [6.45, 7) is 9.15. The van der Waals surface area contributed by atoms with Crippen LogP contribution >= 0.6 is 0 Å². The summed E-state index contributed by atoms with van der Waals surface area (Å²) in [4.78, 5) is 11.0. The van der Waals surface area contributed by atoms with Gasteiger partial charge in [0.25, 0.3) is 0 Å². The van der Waals surface area contributed by atoms with Gasteiger partial charge in [0.2, 0.25) is 5.91 Å². The number of hydrogen-bond donors (Lipinski definition) is 2. The van der Waals surface area contributed by atoms with E-state index in [1.807, 2.05) is 25.1 Å². The molecule has 0 aromatic heterocycles. The summed E-state index contributed by atoms with van der Waals surface area (Å²) in [6.07, 6.45) is 0. The molecule has 0 aliphatic rings. The number of ether oxygens (including phenoxy) is 1. The second kappa shape index (κ2) is 7.92. The third-order valence-corrected chi connectivity index (χ3v) is 2.81. The van der Waals surface area contributed by atoms with E-state index in [2.05, 4.69) is 30.5 Å². The van der Waals surface area contributed by atoms with E-state index in [0.29, 0.717) is 12.6 Å². The third-order valence-electron chi connectivity index (χ3n) is 2.81. The van der Waals surface area contributed by atoms with Gasteiger partial charge in [-0.2, -0.15) is 0 Å². The Labute approximate surface area is 115 Å². The van der Waals surface area contributed by atoms with Gasteiger partial charge in [0, 0.05) is 31.3 Å². The highest BCUT2D eigenvalue weighted by Crippen LogP contribution is 2.17. The third kappa shape index (κ3) is 5.85. The number of nitrogens with one attached hydrogen (secondary N) is 2. The van der Waals surface area contributed by atoms with Crippen LogP contribution in [0.5, 0.6) is 0 Å². The number of amides is 1. The smallest absolute Gasteiger partial charge is 0.221 e. The van der Waals surface area contributed by atoms with Gasteiger partial charge in [0.05, 0.1) is 6.61 Å². The Morgan fingerprint density at radius 3 is 2.74 bits per heavy atom. The Hall–Kier alpha value is -1.39. The number of benzene rings is 1. The maximum absolute atomic E-state index is 11.0. The monoisotopic (exact) mass is 264 g/mol. The zero-order chi connectivity index (χ0) is 14.3. The zero-order valence-corrected chi connectivity index (χ0v) is 12.2. The van der Waals surface area contributed by atoms with Crippen LogP contribution in [0.2, 0.25) is 0 Å². The fourth-order valence-electron chi connectivity index (χ4n) is 1.95. The normalized spacial score (nSPS) is 13.9. The van der Waals surface area contributed by atoms with Crippen molar-refractivity contribution in [2.24, 2.45) is 0 Å². The molecule has 0 heterocycles. The van der Waals surface area contributed by atoms with Crippen LogP contribution in [0.3, 0.4) is 0 Å². The Kier molecular flexibility index (Phi) is 6.53. The van der Waals surface area contributed by atoms with Crippen molar-refractivity contribution in [2.45, 2.75) is 39.8 Å². The first kappa shape index (κ1) is 15.7. The van der Waals surface area contributed by atoms with Gasteiger partial charge >= 0.3 is 0 Å². The molecule has 2 unspecified atom stereocenters. The quantitative estimate of drug-likeness (QED) is 0.796. The largest absolute Gasteiger partial charge is 0.380 e. The first-order valence-electron chi connectivity index (χ1n) is 6.74. The summed E-state index contributed by atoms with van der Waals surface area (Å²) in [5.74, 6) is -0.0533. The lowest BCUT2D eigenvalue weighted by molar-refractivity contribution is -0.114. The molecule has 4 nitrogen and oxygen atoms in total. The van der Waals surface area contributed by atoms with Crippen LogP contribution < -0.4 is 10.6 Å². The molecule has 1 rings (SSSR count). The summed E-state index contributed by atoms with van der Waals surface area (Å²) in [5, 5.41) is 6.27. The second-order valence-corrected chi connectivity index (χ2v) is 4.76. The van der Waals surface area contributed by atoms with Gasteiger partial charge in [-0.25, -0.2) is 0 Å². The van der Waals surface area contributed by atoms with E-state index < -0.39 is 0 Å². The van der Waals surface area contributed by atoms with Crippen molar-refractivity contribution in [2.75, 3.05) is 18.5 Å². The maximum Gasteiger partial charge on any atom is 0.221 e. The minimum absolute atomic E-state index is 0.0533. The van der Waals surface area contributed by atoms with E-state index in [0.717, 1.165) is 17.9 Å². The maximum atomic E-state index is 11.0. The van der Waals surface area contributed by atoms with Gasteiger partial charge in [-0.05, 0) is 38.5 Å². The minimum atomic E-state index is -0.0533. The molecule has 2 atom stereocenters. The van der Waals surface area contributed by atoms with Crippen molar-refractivity contribution in [1.29, 1.82) is 0 Å². The molecule has 1 aromatic carbocycles. The van der Waals surface area contributed by atoms with Gasteiger partial charge in [-0.1, -0.05) is 12.1 Å². The first-order valence-corrected chi connectivity index (χ1v) is 6.74. The molecule has 0 bridgehead atoms. The number of hydrogen-bond acceptors (Lipinski definition) is 3. The van der Waals surface area contributed by atoms with E-state index in [1.165, 1.54) is 6.92 Å². The van der Waals surface area contributed by atoms with Crippen molar-refractivity contribution in [3.8, 4) is 0 Å². The van der Waals surface area contributed by atoms with Crippen molar-refractivity contribution in [3.05, 3.63) is 29.8 Å². The Morgan fingerprint density at radius 2 is 2.11 bits per heavy atom. The van der Waals surface area contributed by atoms with Crippen molar-refractivity contribution in [3.63, 3.8) is 0 Å². The summed E-state index contributed by atoms with van der Waals surface area (Å²) >= 11 is 0. The second-order valence-electron chi connectivity index (χ2n) is 4.76. The highest BCUT2D eigenvalue weighted by molar-refractivity contribution is 5.88. The van der Waals surface area contributed by atoms with E-state index in [-0.39, 0.29) is 11.9 Å². The fraction of sp³-hybridized carbons (Fsp3) is 0.533. The fourth-order valence-corrected chi connectivity index (χ4v) is 1.95. The molecule has 1 aromatic rings. The van der Waals surface area contributed by atoms with Crippen molar-refractivity contribution < 1.29 is 9.53 Å². The Balaban J connectivity index is 2.60. The highest BCUT2D eigenvalue weighted by Gasteiger charge is 2.10. The first-order chi connectivity index (χ1) is 9.02. The van der Waals surface area contributed by atoms with E-state index in [1.54, 1.807) is 0 Å². The van der Waals surface area contributed by atoms with Crippen LogP contribution in [-0.2, 0) is 9.53 Å². The molecule has 0 aliphatic carbocycles. The van der Waals surface area contributed by atoms with Crippen LogP contribution in [-0.4, -0.2) is 25.2 Å². The molecule has 0 saturated heterocycles. The molecule has 0 fully saturated rings. The molecule has 0 spiro atoms. The molecule has 0 saturated carbocycles. The van der Waals surface area contributed by atoms with E-state index >= 15 is 0 Å². The summed E-state index contributed by atoms with van der Waals surface area (Å²) < 4.78 is 5.39. The van der Waals surface area contributed by atoms with Crippen LogP contribution in [0.15, 0.2) is 24.3 Å². The topological polar surface area (TPSA) is 50.4 Å². The Bertz CT molecular complexity index is 407. The van der Waals surface area contributed by atoms with Gasteiger partial charge < -0.3 is 15.4 Å². The highest BCUT2D eigenvalue weighted by atomic mass is 16.5. The zero-order valence-electron chi connectivity index (χ0n) is 12.2. The van der Waals surface area contributed by atoms with Gasteiger partial charge in [-0.3, -0.25) is 4.79 Å². The standard InChI is InChI=1S/C15H24N2O2/c1-5-19-10-11(2)16-12(3)14-7-6-8-15(9-14)17-13(4)18/h6-9,11-12,16H,5,10H2,1-4H3,(H,17,18). The summed E-state index contributed by atoms with van der Waals surface area (Å²) in [7, 11) is 0. The molecule has 1 amide bonds. The summed E-state index contributed by atoms with van der Waals surface area (Å²) in [6, 6.07) is 8.39. The van der Waals surface area contributed by atoms with Gasteiger partial charge in [0.1, 0.15) is 0 Å². The molecule has 19 heavy (non-hydrogen) atoms. The van der Waals surface area contributed by atoms with E-state index in [9.17, 15) is 4.79 Å². The molecule has 0 radical (unpaired) electrons. The summed E-state index contributed by atoms with van der Waals surface area (Å²) in [5.41, 5.74) is 1.98. The molecular formula is C15H24N2O2. The molecule has 2 N–H and O–H groups in total. The number of rotatable bonds is 7. The molecule has 4 heteroatoms. The van der Waals surface area contributed by atoms with Gasteiger partial charge in [0.15, 0.2) is 0 Å². The average molecular weight is 264 g/mol. The van der Waals surface area contributed by atoms with E-state index in [4.69, 9.17) is 4.74 Å². The van der Waals surface area contributed by atoms with Crippen molar-refractivity contribution in [1.82, 2.24) is 5.32 Å². The van der Waals surface area contributed by atoms with Crippen LogP contribution in [0.4, 0.5) is 5.69 Å². The lowest BCUT2D eigenvalue weighted by Gasteiger charge is -2.20. The van der Waals surface area contributed by atoms with Crippen molar-refractivity contribution >= 4 is 11.6 Å². The molecule has 0 aliphatic heterocycles. The SMILES string of the molecule is CCOCC(C)NC(C)c1cccc(NC(C)=O)c1. The number of carbonyl (C=O) groups is 1. The lowest BCUT2D eigenvalue weighted by Crippen LogP contribution is -2.32. The predicted octanol–water partition coefficient (Wildman–Crippen LogP) is 2.72. The predicted molar refractivity (Wildman–Crippen MR) is 78.3 cm³/mol. The number of carbonyl (C=O) groups excluding carboxylic acids is 1. The lowest BCUT2D eigenvalue weighted by atomic mass is 10.1. The minimum Gasteiger partial charge on any atom is -0.380 e. The van der Waals surface area contributed by atoms with Crippen LogP contribution in [0.25, 0.3) is 0 Å². The van der Waals surface area contributed by atoms with Gasteiger partial charge in [-0.15, -0.1) is 0 Å². The Morgan fingerprint density at radius 1 is 1.37 bits per heavy atom.